The lowest BCUT2D eigenvalue weighted by atomic mass is 9.95. The van der Waals surface area contributed by atoms with Crippen LogP contribution in [0.2, 0.25) is 0 Å². The Morgan fingerprint density at radius 3 is 2.30 bits per heavy atom. The zero-order chi connectivity index (χ0) is 17.8. The van der Waals surface area contributed by atoms with Gasteiger partial charge in [-0.15, -0.1) is 24.8 Å². The molecule has 2 aromatic rings. The number of nitrogens with two attached hydrogens (primary N) is 1. The van der Waals surface area contributed by atoms with Gasteiger partial charge < -0.3 is 15.5 Å². The predicted octanol–water partition coefficient (Wildman–Crippen LogP) is 3.94. The van der Waals surface area contributed by atoms with Gasteiger partial charge in [0, 0.05) is 49.9 Å². The summed E-state index contributed by atoms with van der Waals surface area (Å²) in [5, 5.41) is 0. The van der Waals surface area contributed by atoms with Crippen molar-refractivity contribution in [2.24, 2.45) is 5.73 Å². The molecule has 1 amide bonds. The van der Waals surface area contributed by atoms with Crippen molar-refractivity contribution in [1.82, 2.24) is 4.90 Å². The highest BCUT2D eigenvalue weighted by Crippen LogP contribution is 2.27. The maximum absolute atomic E-state index is 12.8. The van der Waals surface area contributed by atoms with Crippen LogP contribution in [0.25, 0.3) is 0 Å². The smallest absolute Gasteiger partial charge is 0.253 e. The van der Waals surface area contributed by atoms with Gasteiger partial charge in [0.2, 0.25) is 0 Å². The van der Waals surface area contributed by atoms with Gasteiger partial charge in [-0.1, -0.05) is 37.3 Å². The lowest BCUT2D eigenvalue weighted by Crippen LogP contribution is -2.32. The van der Waals surface area contributed by atoms with Crippen LogP contribution in [0, 0.1) is 0 Å². The van der Waals surface area contributed by atoms with Crippen molar-refractivity contribution >= 4 is 36.4 Å². The first-order valence-electron chi connectivity index (χ1n) is 9.01. The van der Waals surface area contributed by atoms with E-state index in [0.717, 1.165) is 24.2 Å². The van der Waals surface area contributed by atoms with Crippen LogP contribution in [0.15, 0.2) is 54.6 Å². The first kappa shape index (κ1) is 23.3. The van der Waals surface area contributed by atoms with Gasteiger partial charge in [0.25, 0.3) is 5.91 Å². The van der Waals surface area contributed by atoms with Crippen LogP contribution in [0.4, 0.5) is 5.69 Å². The highest BCUT2D eigenvalue weighted by Gasteiger charge is 2.34. The molecule has 0 saturated carbocycles. The number of benzene rings is 2. The largest absolute Gasteiger partial charge is 0.375 e. The van der Waals surface area contributed by atoms with E-state index in [4.69, 9.17) is 5.73 Å². The van der Waals surface area contributed by atoms with E-state index >= 15 is 0 Å². The van der Waals surface area contributed by atoms with Crippen LogP contribution in [0.5, 0.6) is 0 Å². The minimum atomic E-state index is -0.0127. The molecule has 1 aliphatic rings. The molecule has 1 heterocycles. The van der Waals surface area contributed by atoms with E-state index in [1.165, 1.54) is 5.56 Å². The zero-order valence-corrected chi connectivity index (χ0v) is 17.5. The van der Waals surface area contributed by atoms with Crippen molar-refractivity contribution in [1.29, 1.82) is 0 Å². The van der Waals surface area contributed by atoms with Gasteiger partial charge in [0.15, 0.2) is 0 Å². The van der Waals surface area contributed by atoms with Gasteiger partial charge in [-0.2, -0.15) is 0 Å². The van der Waals surface area contributed by atoms with Crippen LogP contribution in [-0.2, 0) is 0 Å². The Bertz CT molecular complexity index is 709. The van der Waals surface area contributed by atoms with E-state index in [9.17, 15) is 4.79 Å². The number of hydrogen-bond acceptors (Lipinski definition) is 3. The predicted molar refractivity (Wildman–Crippen MR) is 118 cm³/mol. The van der Waals surface area contributed by atoms with Gasteiger partial charge in [-0.25, -0.2) is 0 Å². The molecule has 0 radical (unpaired) electrons. The second-order valence-corrected chi connectivity index (χ2v) is 6.86. The molecule has 0 spiro atoms. The molecule has 0 aliphatic carbocycles. The molecule has 2 atom stereocenters. The summed E-state index contributed by atoms with van der Waals surface area (Å²) in [6.07, 6.45) is 1.10. The van der Waals surface area contributed by atoms with Crippen LogP contribution < -0.4 is 10.6 Å². The first-order chi connectivity index (χ1) is 12.1. The molecular weight excluding hydrogens is 381 g/mol. The number of halogens is 2. The van der Waals surface area contributed by atoms with Crippen molar-refractivity contribution in [2.75, 3.05) is 31.6 Å². The minimum Gasteiger partial charge on any atom is -0.375 e. The normalized spacial score (nSPS) is 18.4. The SMILES string of the molecule is CCCN(C)c1ccc(C(=O)N2C[C@@H](N)[C@H](c3ccccc3)C2)cc1.Cl.Cl. The van der Waals surface area contributed by atoms with Crippen LogP contribution in [0.1, 0.15) is 35.2 Å². The molecular formula is C21H29Cl2N3O. The third-order valence-electron chi connectivity index (χ3n) is 4.99. The molecule has 1 fully saturated rings. The van der Waals surface area contributed by atoms with E-state index in [2.05, 4.69) is 31.0 Å². The summed E-state index contributed by atoms with van der Waals surface area (Å²) in [7, 11) is 2.07. The van der Waals surface area contributed by atoms with E-state index < -0.39 is 0 Å². The van der Waals surface area contributed by atoms with Crippen molar-refractivity contribution < 1.29 is 4.79 Å². The quantitative estimate of drug-likeness (QED) is 0.812. The number of carbonyl (C=O) groups is 1. The van der Waals surface area contributed by atoms with Crippen molar-refractivity contribution in [3.05, 3.63) is 65.7 Å². The lowest BCUT2D eigenvalue weighted by molar-refractivity contribution is 0.0789. The molecule has 1 saturated heterocycles. The molecule has 2 aromatic carbocycles. The summed E-state index contributed by atoms with van der Waals surface area (Å²) >= 11 is 0. The Hall–Kier alpha value is -1.75. The average Bonchev–Trinajstić information content (AvgIpc) is 3.04. The van der Waals surface area contributed by atoms with Crippen LogP contribution in [0.3, 0.4) is 0 Å². The van der Waals surface area contributed by atoms with Gasteiger partial charge in [-0.05, 0) is 36.2 Å². The van der Waals surface area contributed by atoms with E-state index in [1.54, 1.807) is 0 Å². The monoisotopic (exact) mass is 409 g/mol. The summed E-state index contributed by atoms with van der Waals surface area (Å²) in [5.41, 5.74) is 9.39. The topological polar surface area (TPSA) is 49.6 Å². The Balaban J connectivity index is 0.00000182. The lowest BCUT2D eigenvalue weighted by Gasteiger charge is -2.20. The maximum Gasteiger partial charge on any atom is 0.253 e. The molecule has 4 nitrogen and oxygen atoms in total. The van der Waals surface area contributed by atoms with Crippen molar-refractivity contribution in [3.63, 3.8) is 0 Å². The van der Waals surface area contributed by atoms with Gasteiger partial charge in [0.1, 0.15) is 0 Å². The van der Waals surface area contributed by atoms with Crippen molar-refractivity contribution in [3.8, 4) is 0 Å². The molecule has 2 N–H and O–H groups in total. The fourth-order valence-electron chi connectivity index (χ4n) is 3.55. The second kappa shape index (κ2) is 10.5. The van der Waals surface area contributed by atoms with E-state index in [0.29, 0.717) is 13.1 Å². The minimum absolute atomic E-state index is 0. The number of nitrogens with zero attached hydrogens (tertiary/aromatic N) is 2. The van der Waals surface area contributed by atoms with Gasteiger partial charge in [-0.3, -0.25) is 4.79 Å². The number of rotatable bonds is 5. The molecule has 0 bridgehead atoms. The van der Waals surface area contributed by atoms with E-state index in [-0.39, 0.29) is 42.7 Å². The summed E-state index contributed by atoms with van der Waals surface area (Å²) in [6.45, 7) is 4.46. The summed E-state index contributed by atoms with van der Waals surface area (Å²) in [5.74, 6) is 0.277. The average molecular weight is 410 g/mol. The summed E-state index contributed by atoms with van der Waals surface area (Å²) in [4.78, 5) is 16.9. The molecule has 148 valence electrons. The molecule has 27 heavy (non-hydrogen) atoms. The second-order valence-electron chi connectivity index (χ2n) is 6.86. The third-order valence-corrected chi connectivity index (χ3v) is 4.99. The zero-order valence-electron chi connectivity index (χ0n) is 15.9. The Morgan fingerprint density at radius 1 is 1.07 bits per heavy atom. The molecule has 0 aromatic heterocycles. The molecule has 3 rings (SSSR count). The number of likely N-dealkylation sites (tertiary alicyclic amines) is 1. The van der Waals surface area contributed by atoms with E-state index in [1.807, 2.05) is 47.4 Å². The standard InChI is InChI=1S/C21H27N3O.2ClH/c1-3-13-23(2)18-11-9-17(10-12-18)21(25)24-14-19(20(22)15-24)16-7-5-4-6-8-16;;/h4-12,19-20H,3,13-15,22H2,1-2H3;2*1H/t19-,20+;;/m0../s1. The van der Waals surface area contributed by atoms with Crippen LogP contribution in [-0.4, -0.2) is 43.5 Å². The Labute approximate surface area is 174 Å². The Kier molecular flexibility index (Phi) is 9.10. The van der Waals surface area contributed by atoms with Crippen molar-refractivity contribution in [2.45, 2.75) is 25.3 Å². The number of amides is 1. The van der Waals surface area contributed by atoms with Crippen LogP contribution >= 0.6 is 24.8 Å². The fraction of sp³-hybridized carbons (Fsp3) is 0.381. The molecule has 6 heteroatoms. The summed E-state index contributed by atoms with van der Waals surface area (Å²) < 4.78 is 0. The van der Waals surface area contributed by atoms with Gasteiger partial charge >= 0.3 is 0 Å². The van der Waals surface area contributed by atoms with Gasteiger partial charge in [0.05, 0.1) is 0 Å². The molecule has 0 unspecified atom stereocenters. The third kappa shape index (κ3) is 5.38. The highest BCUT2D eigenvalue weighted by molar-refractivity contribution is 5.95. The molecule has 1 aliphatic heterocycles. The fourth-order valence-corrected chi connectivity index (χ4v) is 3.55. The number of hydrogen-bond donors (Lipinski definition) is 1. The maximum atomic E-state index is 12.8. The Morgan fingerprint density at radius 2 is 1.70 bits per heavy atom. The number of carbonyl (C=O) groups excluding carboxylic acids is 1. The highest BCUT2D eigenvalue weighted by atomic mass is 35.5. The first-order valence-corrected chi connectivity index (χ1v) is 9.01. The summed E-state index contributed by atoms with van der Waals surface area (Å²) in [6, 6.07) is 18.1. The number of anilines is 1.